The van der Waals surface area contributed by atoms with Crippen molar-refractivity contribution in [3.8, 4) is 0 Å². The minimum atomic E-state index is 1.26. The Hall–Kier alpha value is -1.21. The third kappa shape index (κ3) is 2.55. The molecule has 0 aliphatic heterocycles. The number of hydrogen-bond donors (Lipinski definition) is 0. The van der Waals surface area contributed by atoms with E-state index >= 15 is 0 Å². The summed E-state index contributed by atoms with van der Waals surface area (Å²) in [5.74, 6) is 0. The van der Waals surface area contributed by atoms with E-state index < -0.39 is 0 Å². The summed E-state index contributed by atoms with van der Waals surface area (Å²) >= 11 is 1.86. The lowest BCUT2D eigenvalue weighted by molar-refractivity contribution is 0.683. The zero-order chi connectivity index (χ0) is 11.5. The first kappa shape index (κ1) is 10.9. The molecule has 0 aromatic heterocycles. The maximum Gasteiger partial charge on any atom is 0.0125 e. The highest BCUT2D eigenvalue weighted by molar-refractivity contribution is 7.99. The molecule has 3 rings (SSSR count). The van der Waals surface area contributed by atoms with E-state index in [1.807, 2.05) is 11.8 Å². The van der Waals surface area contributed by atoms with Crippen LogP contribution in [0.3, 0.4) is 0 Å². The standard InChI is InChI=1S/C16H16S/c1-2-8-15(9-3-1)17-16-11-10-13-6-4-5-7-14(13)12-16/h1-3,8-12H,4-7H2. The van der Waals surface area contributed by atoms with Crippen molar-refractivity contribution < 1.29 is 0 Å². The molecule has 1 heteroatoms. The highest BCUT2D eigenvalue weighted by Gasteiger charge is 2.09. The van der Waals surface area contributed by atoms with Gasteiger partial charge in [-0.3, -0.25) is 0 Å². The number of rotatable bonds is 2. The summed E-state index contributed by atoms with van der Waals surface area (Å²) < 4.78 is 0. The van der Waals surface area contributed by atoms with Gasteiger partial charge in [-0.2, -0.15) is 0 Å². The third-order valence-corrected chi connectivity index (χ3v) is 4.30. The van der Waals surface area contributed by atoms with E-state index in [1.165, 1.54) is 35.5 Å². The average Bonchev–Trinajstić information content (AvgIpc) is 2.40. The Morgan fingerprint density at radius 3 is 2.29 bits per heavy atom. The molecule has 2 aromatic carbocycles. The molecule has 17 heavy (non-hydrogen) atoms. The van der Waals surface area contributed by atoms with Crippen molar-refractivity contribution in [3.63, 3.8) is 0 Å². The predicted octanol–water partition coefficient (Wildman–Crippen LogP) is 4.72. The van der Waals surface area contributed by atoms with Gasteiger partial charge >= 0.3 is 0 Å². The average molecular weight is 240 g/mol. The lowest BCUT2D eigenvalue weighted by Gasteiger charge is -2.16. The minimum Gasteiger partial charge on any atom is -0.0901 e. The molecule has 0 amide bonds. The fourth-order valence-electron chi connectivity index (χ4n) is 2.40. The van der Waals surface area contributed by atoms with Crippen LogP contribution in [0.1, 0.15) is 24.0 Å². The first-order chi connectivity index (χ1) is 8.42. The molecule has 0 unspecified atom stereocenters. The summed E-state index contributed by atoms with van der Waals surface area (Å²) in [6.07, 6.45) is 5.24. The van der Waals surface area contributed by atoms with Crippen molar-refractivity contribution >= 4 is 11.8 Å². The van der Waals surface area contributed by atoms with Crippen LogP contribution < -0.4 is 0 Å². The van der Waals surface area contributed by atoms with Gasteiger partial charge in [0, 0.05) is 9.79 Å². The molecule has 0 heterocycles. The van der Waals surface area contributed by atoms with Gasteiger partial charge in [-0.25, -0.2) is 0 Å². The summed E-state index contributed by atoms with van der Waals surface area (Å²) in [6, 6.07) is 17.6. The largest absolute Gasteiger partial charge is 0.0901 e. The van der Waals surface area contributed by atoms with E-state index in [0.717, 1.165) is 0 Å². The SMILES string of the molecule is c1ccc(Sc2ccc3c(c2)CCCC3)cc1. The van der Waals surface area contributed by atoms with Crippen LogP contribution in [0.25, 0.3) is 0 Å². The summed E-state index contributed by atoms with van der Waals surface area (Å²) in [6.45, 7) is 0. The van der Waals surface area contributed by atoms with Crippen LogP contribution in [0.5, 0.6) is 0 Å². The van der Waals surface area contributed by atoms with Crippen molar-refractivity contribution in [2.75, 3.05) is 0 Å². The van der Waals surface area contributed by atoms with E-state index in [-0.39, 0.29) is 0 Å². The van der Waals surface area contributed by atoms with Crippen molar-refractivity contribution in [1.29, 1.82) is 0 Å². The molecule has 86 valence electrons. The van der Waals surface area contributed by atoms with E-state index in [0.29, 0.717) is 0 Å². The molecule has 0 bridgehead atoms. The fourth-order valence-corrected chi connectivity index (χ4v) is 3.30. The van der Waals surface area contributed by atoms with Crippen LogP contribution in [0.15, 0.2) is 58.3 Å². The van der Waals surface area contributed by atoms with Crippen molar-refractivity contribution in [1.82, 2.24) is 0 Å². The number of fused-ring (bicyclic) bond motifs is 1. The normalized spacial score (nSPS) is 14.4. The van der Waals surface area contributed by atoms with Gasteiger partial charge < -0.3 is 0 Å². The van der Waals surface area contributed by atoms with Gasteiger partial charge in [-0.1, -0.05) is 36.0 Å². The van der Waals surface area contributed by atoms with Gasteiger partial charge in [0.2, 0.25) is 0 Å². The van der Waals surface area contributed by atoms with Crippen molar-refractivity contribution in [2.45, 2.75) is 35.5 Å². The smallest absolute Gasteiger partial charge is 0.0125 e. The van der Waals surface area contributed by atoms with Crippen LogP contribution in [0.2, 0.25) is 0 Å². The predicted molar refractivity (Wildman–Crippen MR) is 73.6 cm³/mol. The molecule has 1 aliphatic rings. The van der Waals surface area contributed by atoms with Crippen molar-refractivity contribution in [3.05, 3.63) is 59.7 Å². The van der Waals surface area contributed by atoms with Crippen molar-refractivity contribution in [2.24, 2.45) is 0 Å². The third-order valence-electron chi connectivity index (χ3n) is 3.30. The molecule has 0 radical (unpaired) electrons. The molecule has 0 N–H and O–H groups in total. The van der Waals surface area contributed by atoms with E-state index in [9.17, 15) is 0 Å². The number of benzene rings is 2. The van der Waals surface area contributed by atoms with Gasteiger partial charge in [0.25, 0.3) is 0 Å². The van der Waals surface area contributed by atoms with E-state index in [1.54, 1.807) is 11.1 Å². The second kappa shape index (κ2) is 4.97. The maximum absolute atomic E-state index is 2.38. The second-order valence-corrected chi connectivity index (χ2v) is 5.70. The van der Waals surface area contributed by atoms with Crippen LogP contribution in [0, 0.1) is 0 Å². The molecule has 2 aromatic rings. The van der Waals surface area contributed by atoms with Crippen LogP contribution in [-0.4, -0.2) is 0 Å². The van der Waals surface area contributed by atoms with Gasteiger partial charge in [-0.15, -0.1) is 0 Å². The molecule has 0 nitrogen and oxygen atoms in total. The molecule has 0 saturated heterocycles. The first-order valence-corrected chi connectivity index (χ1v) is 7.08. The zero-order valence-electron chi connectivity index (χ0n) is 9.86. The van der Waals surface area contributed by atoms with E-state index in [2.05, 4.69) is 48.5 Å². The Bertz CT molecular complexity index is 502. The monoisotopic (exact) mass is 240 g/mol. The quantitative estimate of drug-likeness (QED) is 0.732. The van der Waals surface area contributed by atoms with Gasteiger partial charge in [0.05, 0.1) is 0 Å². The first-order valence-electron chi connectivity index (χ1n) is 6.26. The van der Waals surface area contributed by atoms with Crippen LogP contribution in [0.4, 0.5) is 0 Å². The summed E-state index contributed by atoms with van der Waals surface area (Å²) in [7, 11) is 0. The zero-order valence-corrected chi connectivity index (χ0v) is 10.7. The Morgan fingerprint density at radius 1 is 0.706 bits per heavy atom. The summed E-state index contributed by atoms with van der Waals surface area (Å²) in [4.78, 5) is 2.69. The van der Waals surface area contributed by atoms with Crippen LogP contribution in [-0.2, 0) is 12.8 Å². The van der Waals surface area contributed by atoms with Gasteiger partial charge in [-0.05, 0) is 61.1 Å². The highest BCUT2D eigenvalue weighted by Crippen LogP contribution is 2.31. The Labute approximate surface area is 107 Å². The lowest BCUT2D eigenvalue weighted by Crippen LogP contribution is -2.01. The molecular weight excluding hydrogens is 224 g/mol. The van der Waals surface area contributed by atoms with E-state index in [4.69, 9.17) is 0 Å². The van der Waals surface area contributed by atoms with Gasteiger partial charge in [0.1, 0.15) is 0 Å². The molecule has 0 spiro atoms. The minimum absolute atomic E-state index is 1.26. The number of aryl methyl sites for hydroxylation is 2. The Morgan fingerprint density at radius 2 is 1.47 bits per heavy atom. The molecule has 0 fully saturated rings. The second-order valence-electron chi connectivity index (χ2n) is 4.55. The highest BCUT2D eigenvalue weighted by atomic mass is 32.2. The molecule has 0 saturated carbocycles. The van der Waals surface area contributed by atoms with Crippen LogP contribution >= 0.6 is 11.8 Å². The summed E-state index contributed by atoms with van der Waals surface area (Å²) in [5.41, 5.74) is 3.13. The Balaban J connectivity index is 1.84. The Kier molecular flexibility index (Phi) is 3.19. The van der Waals surface area contributed by atoms with Gasteiger partial charge in [0.15, 0.2) is 0 Å². The topological polar surface area (TPSA) is 0 Å². The number of hydrogen-bond acceptors (Lipinski definition) is 1. The lowest BCUT2D eigenvalue weighted by atomic mass is 9.92. The molecule has 1 aliphatic carbocycles. The summed E-state index contributed by atoms with van der Waals surface area (Å²) in [5, 5.41) is 0. The fraction of sp³-hybridized carbons (Fsp3) is 0.250. The molecule has 0 atom stereocenters. The molecular formula is C16H16S. The maximum atomic E-state index is 2.38.